The van der Waals surface area contributed by atoms with E-state index < -0.39 is 0 Å². The molecule has 1 aromatic heterocycles. The third kappa shape index (κ3) is 3.33. The van der Waals surface area contributed by atoms with E-state index in [1.54, 1.807) is 13.2 Å². The molecule has 1 heterocycles. The van der Waals surface area contributed by atoms with E-state index in [4.69, 9.17) is 9.26 Å². The fourth-order valence-corrected chi connectivity index (χ4v) is 2.50. The first kappa shape index (κ1) is 14.0. The largest absolute Gasteiger partial charge is 0.396 e. The van der Waals surface area contributed by atoms with Crippen molar-refractivity contribution in [1.29, 1.82) is 0 Å². The maximum atomic E-state index is 11.9. The van der Waals surface area contributed by atoms with Gasteiger partial charge in [0.1, 0.15) is 6.61 Å². The Bertz CT molecular complexity index is 424. The lowest BCUT2D eigenvalue weighted by Gasteiger charge is -2.26. The molecule has 0 saturated heterocycles. The number of nitrogens with zero attached hydrogens (tertiary/aromatic N) is 1. The molecule has 1 aliphatic rings. The molecule has 1 aromatic rings. The standard InChI is InChI=1S/C13H20N2O4/c1-18-7-10-6-11(15-19-10)12(17)14-8-13(9-16)4-2-3-5-13/h6,16H,2-5,7-9H2,1H3,(H,14,17). The monoisotopic (exact) mass is 268 g/mol. The number of hydrogen-bond acceptors (Lipinski definition) is 5. The molecular formula is C13H20N2O4. The summed E-state index contributed by atoms with van der Waals surface area (Å²) in [6.45, 7) is 0.886. The molecule has 0 aliphatic heterocycles. The van der Waals surface area contributed by atoms with E-state index in [9.17, 15) is 9.90 Å². The first-order chi connectivity index (χ1) is 9.19. The molecule has 0 atom stereocenters. The number of carbonyl (C=O) groups excluding carboxylic acids is 1. The van der Waals surface area contributed by atoms with Gasteiger partial charge in [0.05, 0.1) is 6.61 Å². The molecule has 1 fully saturated rings. The highest BCUT2D eigenvalue weighted by Gasteiger charge is 2.33. The Morgan fingerprint density at radius 2 is 2.32 bits per heavy atom. The van der Waals surface area contributed by atoms with E-state index in [0.717, 1.165) is 25.7 Å². The Hall–Kier alpha value is -1.40. The molecule has 1 saturated carbocycles. The molecule has 6 nitrogen and oxygen atoms in total. The van der Waals surface area contributed by atoms with Crippen LogP contribution in [0.4, 0.5) is 0 Å². The molecule has 106 valence electrons. The van der Waals surface area contributed by atoms with Gasteiger partial charge in [-0.1, -0.05) is 18.0 Å². The average molecular weight is 268 g/mol. The first-order valence-electron chi connectivity index (χ1n) is 6.53. The third-order valence-electron chi connectivity index (χ3n) is 3.70. The van der Waals surface area contributed by atoms with Crippen LogP contribution in [0.15, 0.2) is 10.6 Å². The zero-order chi connectivity index (χ0) is 13.7. The summed E-state index contributed by atoms with van der Waals surface area (Å²) in [5.41, 5.74) is 0.0903. The van der Waals surface area contributed by atoms with E-state index in [1.165, 1.54) is 0 Å². The van der Waals surface area contributed by atoms with Crippen LogP contribution in [-0.2, 0) is 11.3 Å². The molecule has 1 amide bonds. The number of rotatable bonds is 6. The van der Waals surface area contributed by atoms with Gasteiger partial charge in [-0.3, -0.25) is 4.79 Å². The summed E-state index contributed by atoms with van der Waals surface area (Å²) in [6.07, 6.45) is 4.13. The second kappa shape index (κ2) is 6.16. The van der Waals surface area contributed by atoms with Crippen molar-refractivity contribution in [3.05, 3.63) is 17.5 Å². The lowest BCUT2D eigenvalue weighted by Crippen LogP contribution is -2.38. The van der Waals surface area contributed by atoms with Gasteiger partial charge in [-0.2, -0.15) is 0 Å². The van der Waals surface area contributed by atoms with E-state index in [1.807, 2.05) is 0 Å². The second-order valence-electron chi connectivity index (χ2n) is 5.16. The van der Waals surface area contributed by atoms with Crippen LogP contribution in [0.1, 0.15) is 41.9 Å². The fourth-order valence-electron chi connectivity index (χ4n) is 2.50. The Balaban J connectivity index is 1.89. The molecule has 0 radical (unpaired) electrons. The van der Waals surface area contributed by atoms with E-state index in [-0.39, 0.29) is 23.6 Å². The fraction of sp³-hybridized carbons (Fsp3) is 0.692. The minimum Gasteiger partial charge on any atom is -0.396 e. The van der Waals surface area contributed by atoms with Gasteiger partial charge in [0.2, 0.25) is 0 Å². The van der Waals surface area contributed by atoms with Crippen LogP contribution in [0.2, 0.25) is 0 Å². The number of aliphatic hydroxyl groups excluding tert-OH is 1. The van der Waals surface area contributed by atoms with Crippen LogP contribution in [0.3, 0.4) is 0 Å². The van der Waals surface area contributed by atoms with Crippen molar-refractivity contribution in [2.45, 2.75) is 32.3 Å². The summed E-state index contributed by atoms with van der Waals surface area (Å²) in [7, 11) is 1.55. The number of ether oxygens (including phenoxy) is 1. The van der Waals surface area contributed by atoms with Gasteiger partial charge in [0, 0.05) is 25.1 Å². The number of methoxy groups -OCH3 is 1. The predicted molar refractivity (Wildman–Crippen MR) is 67.5 cm³/mol. The summed E-state index contributed by atoms with van der Waals surface area (Å²) in [5.74, 6) is 0.246. The van der Waals surface area contributed by atoms with Crippen LogP contribution in [0.5, 0.6) is 0 Å². The van der Waals surface area contributed by atoms with Gasteiger partial charge in [-0.25, -0.2) is 0 Å². The highest BCUT2D eigenvalue weighted by atomic mass is 16.5. The number of carbonyl (C=O) groups is 1. The van der Waals surface area contributed by atoms with Crippen LogP contribution < -0.4 is 5.32 Å². The maximum absolute atomic E-state index is 11.9. The summed E-state index contributed by atoms with van der Waals surface area (Å²) in [4.78, 5) is 11.9. The zero-order valence-electron chi connectivity index (χ0n) is 11.1. The minimum absolute atomic E-state index is 0.112. The lowest BCUT2D eigenvalue weighted by atomic mass is 9.87. The van der Waals surface area contributed by atoms with Crippen molar-refractivity contribution >= 4 is 5.91 Å². The van der Waals surface area contributed by atoms with Gasteiger partial charge in [0.25, 0.3) is 5.91 Å². The topological polar surface area (TPSA) is 84.6 Å². The third-order valence-corrected chi connectivity index (χ3v) is 3.70. The zero-order valence-corrected chi connectivity index (χ0v) is 11.1. The molecule has 2 rings (SSSR count). The number of aromatic nitrogens is 1. The summed E-state index contributed by atoms with van der Waals surface area (Å²) >= 11 is 0. The number of hydrogen-bond donors (Lipinski definition) is 2. The molecule has 1 aliphatic carbocycles. The predicted octanol–water partition coefficient (Wildman–Crippen LogP) is 1.10. The van der Waals surface area contributed by atoms with Crippen LogP contribution >= 0.6 is 0 Å². The molecule has 0 spiro atoms. The van der Waals surface area contributed by atoms with Gasteiger partial charge < -0.3 is 19.7 Å². The SMILES string of the molecule is COCc1cc(C(=O)NCC2(CO)CCCC2)no1. The molecule has 0 bridgehead atoms. The molecule has 0 unspecified atom stereocenters. The van der Waals surface area contributed by atoms with Gasteiger partial charge in [0.15, 0.2) is 11.5 Å². The van der Waals surface area contributed by atoms with Crippen molar-refractivity contribution in [2.24, 2.45) is 5.41 Å². The highest BCUT2D eigenvalue weighted by Crippen LogP contribution is 2.36. The van der Waals surface area contributed by atoms with E-state index in [0.29, 0.717) is 18.9 Å². The van der Waals surface area contributed by atoms with Crippen molar-refractivity contribution in [3.8, 4) is 0 Å². The van der Waals surface area contributed by atoms with Crippen molar-refractivity contribution in [2.75, 3.05) is 20.3 Å². The van der Waals surface area contributed by atoms with Gasteiger partial charge in [-0.15, -0.1) is 0 Å². The van der Waals surface area contributed by atoms with Crippen LogP contribution in [-0.4, -0.2) is 36.4 Å². The Morgan fingerprint density at radius 3 is 2.95 bits per heavy atom. The van der Waals surface area contributed by atoms with Crippen molar-refractivity contribution in [1.82, 2.24) is 10.5 Å². The summed E-state index contributed by atoms with van der Waals surface area (Å²) in [6, 6.07) is 1.57. The normalized spacial score (nSPS) is 17.6. The molecule has 0 aromatic carbocycles. The van der Waals surface area contributed by atoms with Gasteiger partial charge in [-0.05, 0) is 12.8 Å². The Morgan fingerprint density at radius 1 is 1.58 bits per heavy atom. The quantitative estimate of drug-likeness (QED) is 0.807. The van der Waals surface area contributed by atoms with E-state index in [2.05, 4.69) is 10.5 Å². The van der Waals surface area contributed by atoms with Crippen LogP contribution in [0.25, 0.3) is 0 Å². The lowest BCUT2D eigenvalue weighted by molar-refractivity contribution is 0.0871. The minimum atomic E-state index is -0.272. The second-order valence-corrected chi connectivity index (χ2v) is 5.16. The number of amides is 1. The Kier molecular flexibility index (Phi) is 4.55. The summed E-state index contributed by atoms with van der Waals surface area (Å²) < 4.78 is 9.86. The van der Waals surface area contributed by atoms with Crippen LogP contribution in [0, 0.1) is 5.41 Å². The molecular weight excluding hydrogens is 248 g/mol. The van der Waals surface area contributed by atoms with Crippen molar-refractivity contribution in [3.63, 3.8) is 0 Å². The summed E-state index contributed by atoms with van der Waals surface area (Å²) in [5, 5.41) is 16.0. The number of aliphatic hydroxyl groups is 1. The maximum Gasteiger partial charge on any atom is 0.273 e. The average Bonchev–Trinajstić information content (AvgIpc) is 3.06. The first-order valence-corrected chi connectivity index (χ1v) is 6.53. The van der Waals surface area contributed by atoms with Gasteiger partial charge >= 0.3 is 0 Å². The molecule has 2 N–H and O–H groups in total. The number of nitrogens with one attached hydrogen (secondary N) is 1. The van der Waals surface area contributed by atoms with E-state index >= 15 is 0 Å². The van der Waals surface area contributed by atoms with Crippen molar-refractivity contribution < 1.29 is 19.2 Å². The molecule has 6 heteroatoms. The molecule has 19 heavy (non-hydrogen) atoms. The highest BCUT2D eigenvalue weighted by molar-refractivity contribution is 5.92. The Labute approximate surface area is 112 Å². The smallest absolute Gasteiger partial charge is 0.273 e.